The molecule has 0 radical (unpaired) electrons. The lowest BCUT2D eigenvalue weighted by Gasteiger charge is -2.19. The van der Waals surface area contributed by atoms with Crippen LogP contribution in [-0.4, -0.2) is 25.7 Å². The summed E-state index contributed by atoms with van der Waals surface area (Å²) in [5, 5.41) is 8.41. The molecule has 140 valence electrons. The third-order valence-corrected chi connectivity index (χ3v) is 5.48. The molecule has 4 rings (SSSR count). The van der Waals surface area contributed by atoms with E-state index in [9.17, 15) is 4.79 Å². The highest BCUT2D eigenvalue weighted by atomic mass is 16.1. The van der Waals surface area contributed by atoms with Crippen molar-refractivity contribution in [3.63, 3.8) is 0 Å². The summed E-state index contributed by atoms with van der Waals surface area (Å²) in [6.07, 6.45) is 3.78. The quantitative estimate of drug-likeness (QED) is 0.751. The topological polar surface area (TPSA) is 72.7 Å². The molecule has 1 N–H and O–H groups in total. The fourth-order valence-corrected chi connectivity index (χ4v) is 3.64. The lowest BCUT2D eigenvalue weighted by Crippen LogP contribution is -2.32. The smallest absolute Gasteiger partial charge is 0.252 e. The number of nitrogens with one attached hydrogen (secondary N) is 1. The van der Waals surface area contributed by atoms with Crippen molar-refractivity contribution in [2.24, 2.45) is 5.92 Å². The van der Waals surface area contributed by atoms with Crippen LogP contribution in [0.3, 0.4) is 0 Å². The Morgan fingerprint density at radius 2 is 2.07 bits per heavy atom. The van der Waals surface area contributed by atoms with Crippen LogP contribution >= 0.6 is 0 Å². The number of benzene rings is 1. The molecule has 6 nitrogen and oxygen atoms in total. The summed E-state index contributed by atoms with van der Waals surface area (Å²) in [6.45, 7) is 8.84. The SMILES string of the molecule is CCn1ncnc1C(NC(=O)c1cc(C)nc2c(C)c(C)ccc12)C1CC1. The van der Waals surface area contributed by atoms with Crippen molar-refractivity contribution < 1.29 is 4.79 Å². The summed E-state index contributed by atoms with van der Waals surface area (Å²) in [6, 6.07) is 5.83. The van der Waals surface area contributed by atoms with E-state index >= 15 is 0 Å². The Balaban J connectivity index is 1.73. The molecule has 6 heteroatoms. The number of nitrogens with zero attached hydrogens (tertiary/aromatic N) is 4. The predicted octanol–water partition coefficient (Wildman–Crippen LogP) is 3.65. The monoisotopic (exact) mass is 363 g/mol. The van der Waals surface area contributed by atoms with Gasteiger partial charge < -0.3 is 5.32 Å². The second-order valence-electron chi connectivity index (χ2n) is 7.44. The van der Waals surface area contributed by atoms with Crippen molar-refractivity contribution in [2.45, 2.75) is 53.1 Å². The number of hydrogen-bond acceptors (Lipinski definition) is 4. The molecule has 2 aromatic heterocycles. The molecule has 1 fully saturated rings. The average Bonchev–Trinajstić information content (AvgIpc) is 3.39. The van der Waals surface area contributed by atoms with Crippen LogP contribution in [0.25, 0.3) is 10.9 Å². The molecule has 2 heterocycles. The maximum atomic E-state index is 13.2. The number of carbonyl (C=O) groups excluding carboxylic acids is 1. The summed E-state index contributed by atoms with van der Waals surface area (Å²) in [5.41, 5.74) is 4.73. The predicted molar refractivity (Wildman–Crippen MR) is 105 cm³/mol. The third-order valence-electron chi connectivity index (χ3n) is 5.48. The summed E-state index contributed by atoms with van der Waals surface area (Å²) in [7, 11) is 0. The number of fused-ring (bicyclic) bond motifs is 1. The summed E-state index contributed by atoms with van der Waals surface area (Å²) >= 11 is 0. The Bertz CT molecular complexity index is 1020. The van der Waals surface area contributed by atoms with Gasteiger partial charge in [0.2, 0.25) is 0 Å². The molecule has 0 aliphatic heterocycles. The van der Waals surface area contributed by atoms with Crippen LogP contribution in [0.1, 0.15) is 58.8 Å². The van der Waals surface area contributed by atoms with Gasteiger partial charge in [0.15, 0.2) is 0 Å². The summed E-state index contributed by atoms with van der Waals surface area (Å²) < 4.78 is 1.87. The van der Waals surface area contributed by atoms with Crippen molar-refractivity contribution in [3.8, 4) is 0 Å². The number of aryl methyl sites for hydroxylation is 4. The van der Waals surface area contributed by atoms with Gasteiger partial charge in [-0.2, -0.15) is 5.10 Å². The van der Waals surface area contributed by atoms with Crippen LogP contribution in [0, 0.1) is 26.7 Å². The molecular weight excluding hydrogens is 338 g/mol. The lowest BCUT2D eigenvalue weighted by molar-refractivity contribution is 0.0930. The van der Waals surface area contributed by atoms with E-state index in [1.165, 1.54) is 5.56 Å². The first-order chi connectivity index (χ1) is 13.0. The minimum absolute atomic E-state index is 0.0729. The zero-order chi connectivity index (χ0) is 19.1. The molecule has 0 spiro atoms. The van der Waals surface area contributed by atoms with E-state index in [2.05, 4.69) is 40.3 Å². The van der Waals surface area contributed by atoms with Crippen LogP contribution in [-0.2, 0) is 6.54 Å². The fraction of sp³-hybridized carbons (Fsp3) is 0.429. The van der Waals surface area contributed by atoms with Crippen molar-refractivity contribution >= 4 is 16.8 Å². The van der Waals surface area contributed by atoms with Crippen molar-refractivity contribution in [2.75, 3.05) is 0 Å². The molecule has 1 atom stereocenters. The summed E-state index contributed by atoms with van der Waals surface area (Å²) in [5.74, 6) is 1.20. The highest BCUT2D eigenvalue weighted by Gasteiger charge is 2.36. The molecule has 1 aromatic carbocycles. The number of rotatable bonds is 5. The fourth-order valence-electron chi connectivity index (χ4n) is 3.64. The van der Waals surface area contributed by atoms with Gasteiger partial charge in [-0.1, -0.05) is 12.1 Å². The lowest BCUT2D eigenvalue weighted by atomic mass is 10.00. The Hall–Kier alpha value is -2.76. The summed E-state index contributed by atoms with van der Waals surface area (Å²) in [4.78, 5) is 22.4. The second kappa shape index (κ2) is 6.76. The molecule has 0 saturated heterocycles. The van der Waals surface area contributed by atoms with Gasteiger partial charge in [0.1, 0.15) is 12.2 Å². The van der Waals surface area contributed by atoms with Crippen LogP contribution in [0.5, 0.6) is 0 Å². The van der Waals surface area contributed by atoms with Crippen LogP contribution in [0.15, 0.2) is 24.5 Å². The molecule has 1 aliphatic rings. The van der Waals surface area contributed by atoms with Gasteiger partial charge in [-0.3, -0.25) is 9.78 Å². The third kappa shape index (κ3) is 3.20. The van der Waals surface area contributed by atoms with Crippen LogP contribution in [0.2, 0.25) is 0 Å². The average molecular weight is 363 g/mol. The molecule has 3 aromatic rings. The Kier molecular flexibility index (Phi) is 4.42. The van der Waals surface area contributed by atoms with E-state index in [1.54, 1.807) is 6.33 Å². The minimum atomic E-state index is -0.102. The zero-order valence-corrected chi connectivity index (χ0v) is 16.3. The normalized spacial score (nSPS) is 15.1. The van der Waals surface area contributed by atoms with Gasteiger partial charge in [-0.05, 0) is 63.6 Å². The Morgan fingerprint density at radius 3 is 2.78 bits per heavy atom. The molecule has 1 saturated carbocycles. The maximum Gasteiger partial charge on any atom is 0.252 e. The maximum absolute atomic E-state index is 13.2. The highest BCUT2D eigenvalue weighted by Crippen LogP contribution is 2.40. The zero-order valence-electron chi connectivity index (χ0n) is 16.3. The van der Waals surface area contributed by atoms with Crippen molar-refractivity contribution in [1.29, 1.82) is 0 Å². The first-order valence-electron chi connectivity index (χ1n) is 9.55. The number of aromatic nitrogens is 4. The minimum Gasteiger partial charge on any atom is -0.342 e. The first kappa shape index (κ1) is 17.6. The Labute approximate surface area is 159 Å². The van der Waals surface area contributed by atoms with E-state index < -0.39 is 0 Å². The molecular formula is C21H25N5O. The van der Waals surface area contributed by atoms with E-state index in [0.29, 0.717) is 11.5 Å². The molecule has 1 unspecified atom stereocenters. The standard InChI is InChI=1S/C21H25N5O/c1-5-26-20(22-11-23-26)19(15-7-8-15)25-21(27)17-10-13(3)24-18-14(4)12(2)6-9-16(17)18/h6,9-11,15,19H,5,7-8H2,1-4H3,(H,25,27). The number of amides is 1. The van der Waals surface area contributed by atoms with Crippen LogP contribution in [0.4, 0.5) is 0 Å². The van der Waals surface area contributed by atoms with Gasteiger partial charge in [0.05, 0.1) is 17.1 Å². The molecule has 0 bridgehead atoms. The van der Waals surface area contributed by atoms with Gasteiger partial charge in [0.25, 0.3) is 5.91 Å². The van der Waals surface area contributed by atoms with E-state index in [-0.39, 0.29) is 11.9 Å². The second-order valence-corrected chi connectivity index (χ2v) is 7.44. The van der Waals surface area contributed by atoms with E-state index in [4.69, 9.17) is 0 Å². The number of hydrogen-bond donors (Lipinski definition) is 1. The largest absolute Gasteiger partial charge is 0.342 e. The van der Waals surface area contributed by atoms with Crippen LogP contribution < -0.4 is 5.32 Å². The van der Waals surface area contributed by atoms with Gasteiger partial charge >= 0.3 is 0 Å². The number of carbonyl (C=O) groups is 1. The number of pyridine rings is 1. The van der Waals surface area contributed by atoms with Gasteiger partial charge in [0, 0.05) is 17.6 Å². The van der Waals surface area contributed by atoms with E-state index in [0.717, 1.165) is 47.4 Å². The Morgan fingerprint density at radius 1 is 1.30 bits per heavy atom. The molecule has 27 heavy (non-hydrogen) atoms. The van der Waals surface area contributed by atoms with E-state index in [1.807, 2.05) is 30.7 Å². The van der Waals surface area contributed by atoms with Gasteiger partial charge in [-0.25, -0.2) is 9.67 Å². The highest BCUT2D eigenvalue weighted by molar-refractivity contribution is 6.07. The van der Waals surface area contributed by atoms with Crippen molar-refractivity contribution in [1.82, 2.24) is 25.1 Å². The molecule has 1 aliphatic carbocycles. The van der Waals surface area contributed by atoms with Gasteiger partial charge in [-0.15, -0.1) is 0 Å². The van der Waals surface area contributed by atoms with Crippen molar-refractivity contribution in [3.05, 3.63) is 52.7 Å². The first-order valence-corrected chi connectivity index (χ1v) is 9.55. The molecule has 1 amide bonds.